The number of carbonyl (C=O) groups is 4. The Kier molecular flexibility index (Phi) is 6.63. The van der Waals surface area contributed by atoms with E-state index in [1.807, 2.05) is 13.8 Å². The van der Waals surface area contributed by atoms with Gasteiger partial charge in [0.25, 0.3) is 5.91 Å². The number of hydrogen-bond donors (Lipinski definition) is 1. The summed E-state index contributed by atoms with van der Waals surface area (Å²) in [6.07, 6.45) is 0.502. The van der Waals surface area contributed by atoms with E-state index in [2.05, 4.69) is 5.32 Å². The number of rotatable bonds is 5. The number of carbonyl (C=O) groups excluding carboxylic acids is 4. The van der Waals surface area contributed by atoms with Crippen LogP contribution in [0.5, 0.6) is 0 Å². The van der Waals surface area contributed by atoms with Crippen LogP contribution in [0, 0.1) is 5.41 Å². The second kappa shape index (κ2) is 9.68. The quantitative estimate of drug-likeness (QED) is 0.520. The molecule has 0 aromatic heterocycles. The van der Waals surface area contributed by atoms with Gasteiger partial charge in [-0.3, -0.25) is 9.59 Å². The maximum atomic E-state index is 14.3. The highest BCUT2D eigenvalue weighted by Crippen LogP contribution is 2.57. The number of benzene rings is 2. The van der Waals surface area contributed by atoms with E-state index in [9.17, 15) is 19.2 Å². The van der Waals surface area contributed by atoms with Crippen LogP contribution < -0.4 is 10.2 Å². The van der Waals surface area contributed by atoms with Crippen LogP contribution in [0.25, 0.3) is 0 Å². The molecule has 0 bridgehead atoms. The van der Waals surface area contributed by atoms with Gasteiger partial charge in [0.1, 0.15) is 0 Å². The zero-order valence-electron chi connectivity index (χ0n) is 22.2. The summed E-state index contributed by atoms with van der Waals surface area (Å²) in [5, 5.41) is 3.38. The Bertz CT molecular complexity index is 1470. The minimum absolute atomic E-state index is 0.00832. The first-order chi connectivity index (χ1) is 18.6. The molecule has 39 heavy (non-hydrogen) atoms. The molecule has 0 saturated carbocycles. The molecule has 8 nitrogen and oxygen atoms in total. The number of amides is 1. The number of ketones is 1. The normalized spacial score (nSPS) is 21.5. The average Bonchev–Trinajstić information content (AvgIpc) is 3.15. The van der Waals surface area contributed by atoms with Gasteiger partial charge in [-0.15, -0.1) is 0 Å². The summed E-state index contributed by atoms with van der Waals surface area (Å²) >= 11 is 6.23. The van der Waals surface area contributed by atoms with Gasteiger partial charge in [0.05, 0.1) is 29.9 Å². The van der Waals surface area contributed by atoms with Crippen LogP contribution in [-0.2, 0) is 34.2 Å². The van der Waals surface area contributed by atoms with E-state index in [1.54, 1.807) is 67.3 Å². The first-order valence-corrected chi connectivity index (χ1v) is 13.3. The number of allylic oxidation sites excluding steroid dienone is 1. The third-order valence-electron chi connectivity index (χ3n) is 7.26. The van der Waals surface area contributed by atoms with Crippen LogP contribution in [0.15, 0.2) is 70.9 Å². The van der Waals surface area contributed by atoms with Crippen LogP contribution in [0.4, 0.5) is 11.4 Å². The molecule has 5 rings (SSSR count). The Hall–Kier alpha value is -3.91. The molecular formula is C30H29ClN2O6. The Morgan fingerprint density at radius 3 is 2.26 bits per heavy atom. The number of nitrogens with one attached hydrogen (secondary N) is 1. The molecule has 2 heterocycles. The van der Waals surface area contributed by atoms with Crippen molar-refractivity contribution in [1.82, 2.24) is 0 Å². The van der Waals surface area contributed by atoms with E-state index < -0.39 is 28.8 Å². The van der Waals surface area contributed by atoms with Crippen LogP contribution in [0.2, 0.25) is 5.02 Å². The molecule has 1 amide bonds. The minimum Gasteiger partial charge on any atom is -0.463 e. The fourth-order valence-electron chi connectivity index (χ4n) is 5.90. The summed E-state index contributed by atoms with van der Waals surface area (Å²) in [6.45, 7) is 7.19. The van der Waals surface area contributed by atoms with Gasteiger partial charge in [0.2, 0.25) is 0 Å². The first-order valence-electron chi connectivity index (χ1n) is 12.9. The Labute approximate surface area is 231 Å². The molecule has 0 radical (unpaired) electrons. The molecule has 202 valence electrons. The van der Waals surface area contributed by atoms with E-state index in [0.29, 0.717) is 34.1 Å². The predicted molar refractivity (Wildman–Crippen MR) is 146 cm³/mol. The molecule has 0 saturated heterocycles. The second-order valence-corrected chi connectivity index (χ2v) is 10.9. The summed E-state index contributed by atoms with van der Waals surface area (Å²) in [7, 11) is 0. The van der Waals surface area contributed by atoms with Gasteiger partial charge in [0, 0.05) is 34.1 Å². The number of fused-ring (bicyclic) bond motifs is 2. The zero-order chi connectivity index (χ0) is 28.1. The zero-order valence-corrected chi connectivity index (χ0v) is 23.0. The third-order valence-corrected chi connectivity index (χ3v) is 7.51. The average molecular weight is 549 g/mol. The van der Waals surface area contributed by atoms with Gasteiger partial charge in [0.15, 0.2) is 11.3 Å². The van der Waals surface area contributed by atoms with Gasteiger partial charge < -0.3 is 19.7 Å². The van der Waals surface area contributed by atoms with Crippen molar-refractivity contribution in [3.05, 3.63) is 81.5 Å². The van der Waals surface area contributed by atoms with Crippen LogP contribution in [-0.4, -0.2) is 36.8 Å². The molecule has 0 fully saturated rings. The smallest absolute Gasteiger partial charge is 0.339 e. The Morgan fingerprint density at radius 1 is 0.949 bits per heavy atom. The number of Topliss-reactive ketones (excluding diaryl/α,β-unsaturated/α-hetero) is 1. The largest absolute Gasteiger partial charge is 0.463 e. The minimum atomic E-state index is -1.86. The lowest BCUT2D eigenvalue weighted by Gasteiger charge is -2.50. The van der Waals surface area contributed by atoms with E-state index in [-0.39, 0.29) is 42.1 Å². The van der Waals surface area contributed by atoms with Crippen molar-refractivity contribution in [3.63, 3.8) is 0 Å². The fourth-order valence-corrected chi connectivity index (χ4v) is 6.02. The van der Waals surface area contributed by atoms with E-state index in [4.69, 9.17) is 21.1 Å². The topological polar surface area (TPSA) is 102 Å². The SMILES string of the molecule is CCOC(=O)C1=C(C(=O)OCC)C2(C(=O)Nc3ccccc32)N(c2ccc(Cl)cc2)C2=C1C(=O)CC(C)(C)C2. The fraction of sp³-hybridized carbons (Fsp3) is 0.333. The van der Waals surface area contributed by atoms with Crippen molar-refractivity contribution in [2.45, 2.75) is 46.1 Å². The molecule has 2 aromatic carbocycles. The van der Waals surface area contributed by atoms with E-state index >= 15 is 0 Å². The summed E-state index contributed by atoms with van der Waals surface area (Å²) in [5.74, 6) is -2.60. The lowest BCUT2D eigenvalue weighted by atomic mass is 9.66. The number of nitrogens with zero attached hydrogens (tertiary/aromatic N) is 1. The summed E-state index contributed by atoms with van der Waals surface area (Å²) in [5.41, 5.74) is -0.809. The maximum absolute atomic E-state index is 14.3. The predicted octanol–water partition coefficient (Wildman–Crippen LogP) is 5.07. The standard InChI is InChI=1S/C30H29ClN2O6/c1-5-38-26(35)24-23-21(15-29(3,4)16-22(23)34)33(18-13-11-17(31)12-14-18)30(25(24)27(36)39-6-2)19-9-7-8-10-20(19)32-28(30)37/h7-14H,5-6,15-16H2,1-4H3,(H,32,37). The van der Waals surface area contributed by atoms with Crippen LogP contribution in [0.3, 0.4) is 0 Å². The summed E-state index contributed by atoms with van der Waals surface area (Å²) in [6, 6.07) is 13.8. The van der Waals surface area contributed by atoms with Gasteiger partial charge in [-0.05, 0) is 56.0 Å². The van der Waals surface area contributed by atoms with Gasteiger partial charge in [-0.25, -0.2) is 9.59 Å². The molecule has 1 spiro atoms. The summed E-state index contributed by atoms with van der Waals surface area (Å²) < 4.78 is 10.9. The van der Waals surface area contributed by atoms with Crippen molar-refractivity contribution >= 4 is 46.6 Å². The van der Waals surface area contributed by atoms with Crippen molar-refractivity contribution in [3.8, 4) is 0 Å². The molecular weight excluding hydrogens is 520 g/mol. The summed E-state index contributed by atoms with van der Waals surface area (Å²) in [4.78, 5) is 57.5. The molecule has 2 aromatic rings. The Morgan fingerprint density at radius 2 is 1.59 bits per heavy atom. The van der Waals surface area contributed by atoms with E-state index in [1.165, 1.54) is 0 Å². The molecule has 1 N–H and O–H groups in total. The Balaban J connectivity index is 1.99. The van der Waals surface area contributed by atoms with Gasteiger partial charge in [-0.1, -0.05) is 43.6 Å². The lowest BCUT2D eigenvalue weighted by Crippen LogP contribution is -2.58. The van der Waals surface area contributed by atoms with Crippen molar-refractivity contribution in [2.75, 3.05) is 23.4 Å². The first kappa shape index (κ1) is 26.7. The maximum Gasteiger partial charge on any atom is 0.339 e. The number of anilines is 2. The second-order valence-electron chi connectivity index (χ2n) is 10.5. The highest BCUT2D eigenvalue weighted by atomic mass is 35.5. The highest BCUT2D eigenvalue weighted by Gasteiger charge is 2.63. The van der Waals surface area contributed by atoms with Gasteiger partial charge in [-0.2, -0.15) is 0 Å². The molecule has 1 atom stereocenters. The number of para-hydroxylation sites is 1. The lowest BCUT2D eigenvalue weighted by molar-refractivity contribution is -0.143. The molecule has 9 heteroatoms. The number of esters is 2. The molecule has 1 aliphatic carbocycles. The molecule has 1 unspecified atom stereocenters. The van der Waals surface area contributed by atoms with E-state index in [0.717, 1.165) is 0 Å². The van der Waals surface area contributed by atoms with Crippen molar-refractivity contribution in [1.29, 1.82) is 0 Å². The molecule has 2 aliphatic heterocycles. The van der Waals surface area contributed by atoms with Crippen molar-refractivity contribution in [2.24, 2.45) is 5.41 Å². The van der Waals surface area contributed by atoms with Gasteiger partial charge >= 0.3 is 11.9 Å². The monoisotopic (exact) mass is 548 g/mol. The third kappa shape index (κ3) is 4.05. The number of halogens is 1. The number of ether oxygens (including phenoxy) is 2. The molecule has 3 aliphatic rings. The van der Waals surface area contributed by atoms with Crippen LogP contribution in [0.1, 0.15) is 46.1 Å². The highest BCUT2D eigenvalue weighted by molar-refractivity contribution is 6.30. The van der Waals surface area contributed by atoms with Crippen molar-refractivity contribution < 1.29 is 28.7 Å². The van der Waals surface area contributed by atoms with Crippen LogP contribution >= 0.6 is 11.6 Å². The number of hydrogen-bond acceptors (Lipinski definition) is 7.